The highest BCUT2D eigenvalue weighted by Gasteiger charge is 2.31. The van der Waals surface area contributed by atoms with E-state index in [1.165, 1.54) is 0 Å². The van der Waals surface area contributed by atoms with Crippen LogP contribution in [-0.2, 0) is 22.6 Å². The SMILES string of the molecule is CC[C@@H](C)NC(=O)[C@H](Cc1ccccc1)N(Cc1cccc(Br)c1)C(=O)COc1ccc(Br)cc1Cl. The Hall–Kier alpha value is -2.35. The maximum Gasteiger partial charge on any atom is 0.261 e. The largest absolute Gasteiger partial charge is 0.482 e. The summed E-state index contributed by atoms with van der Waals surface area (Å²) in [5.74, 6) is -0.105. The van der Waals surface area contributed by atoms with Crippen molar-refractivity contribution in [3.05, 3.63) is 97.9 Å². The number of nitrogens with one attached hydrogen (secondary N) is 1. The second-order valence-corrected chi connectivity index (χ2v) is 10.8. The highest BCUT2D eigenvalue weighted by molar-refractivity contribution is 9.10. The van der Waals surface area contributed by atoms with Crippen LogP contribution in [0.3, 0.4) is 0 Å². The van der Waals surface area contributed by atoms with Crippen LogP contribution in [0.1, 0.15) is 31.4 Å². The van der Waals surface area contributed by atoms with E-state index in [1.807, 2.05) is 68.4 Å². The minimum atomic E-state index is -0.725. The predicted molar refractivity (Wildman–Crippen MR) is 151 cm³/mol. The quantitative estimate of drug-likeness (QED) is 0.252. The molecular formula is C28H29Br2ClN2O3. The molecule has 36 heavy (non-hydrogen) atoms. The third kappa shape index (κ3) is 8.36. The Labute approximate surface area is 234 Å². The molecule has 0 unspecified atom stereocenters. The van der Waals surface area contributed by atoms with Crippen molar-refractivity contribution in [2.45, 2.75) is 45.3 Å². The third-order valence-electron chi connectivity index (χ3n) is 5.76. The molecule has 0 spiro atoms. The molecule has 0 aromatic heterocycles. The van der Waals surface area contributed by atoms with Crippen LogP contribution in [0.2, 0.25) is 5.02 Å². The van der Waals surface area contributed by atoms with Crippen molar-refractivity contribution in [1.82, 2.24) is 10.2 Å². The molecule has 0 bridgehead atoms. The number of hydrogen-bond donors (Lipinski definition) is 1. The summed E-state index contributed by atoms with van der Waals surface area (Å²) in [4.78, 5) is 28.7. The lowest BCUT2D eigenvalue weighted by Gasteiger charge is -2.32. The highest BCUT2D eigenvalue weighted by Crippen LogP contribution is 2.28. The molecule has 0 aliphatic carbocycles. The molecule has 8 heteroatoms. The molecule has 0 saturated heterocycles. The van der Waals surface area contributed by atoms with Gasteiger partial charge in [-0.25, -0.2) is 0 Å². The van der Waals surface area contributed by atoms with E-state index in [0.717, 1.165) is 26.5 Å². The van der Waals surface area contributed by atoms with Gasteiger partial charge in [-0.2, -0.15) is 0 Å². The number of amides is 2. The lowest BCUT2D eigenvalue weighted by atomic mass is 10.0. The summed E-state index contributed by atoms with van der Waals surface area (Å²) in [6.07, 6.45) is 1.16. The summed E-state index contributed by atoms with van der Waals surface area (Å²) in [7, 11) is 0. The van der Waals surface area contributed by atoms with E-state index in [-0.39, 0.29) is 31.0 Å². The Morgan fingerprint density at radius 3 is 2.33 bits per heavy atom. The predicted octanol–water partition coefficient (Wildman–Crippen LogP) is 6.80. The summed E-state index contributed by atoms with van der Waals surface area (Å²) >= 11 is 13.2. The van der Waals surface area contributed by atoms with E-state index in [1.54, 1.807) is 23.1 Å². The van der Waals surface area contributed by atoms with Gasteiger partial charge in [0.2, 0.25) is 5.91 Å². The number of carbonyl (C=O) groups excluding carboxylic acids is 2. The first-order valence-corrected chi connectivity index (χ1v) is 13.7. The first-order valence-electron chi connectivity index (χ1n) is 11.7. The first kappa shape index (κ1) is 28.2. The van der Waals surface area contributed by atoms with E-state index >= 15 is 0 Å². The van der Waals surface area contributed by atoms with Crippen molar-refractivity contribution in [3.63, 3.8) is 0 Å². The molecule has 0 saturated carbocycles. The van der Waals surface area contributed by atoms with Gasteiger partial charge in [0.15, 0.2) is 6.61 Å². The molecule has 0 heterocycles. The fraction of sp³-hybridized carbons (Fsp3) is 0.286. The molecule has 190 valence electrons. The van der Waals surface area contributed by atoms with Gasteiger partial charge in [-0.15, -0.1) is 0 Å². The van der Waals surface area contributed by atoms with Crippen molar-refractivity contribution in [3.8, 4) is 5.75 Å². The molecule has 5 nitrogen and oxygen atoms in total. The molecule has 3 aromatic rings. The zero-order chi connectivity index (χ0) is 26.1. The standard InChI is InChI=1S/C28H29Br2ClN2O3/c1-3-19(2)32-28(35)25(15-20-8-5-4-6-9-20)33(17-21-10-7-11-22(29)14-21)27(34)18-36-26-13-12-23(30)16-24(26)31/h4-14,16,19,25H,3,15,17-18H2,1-2H3,(H,32,35)/t19-,25+/m1/s1. The topological polar surface area (TPSA) is 58.6 Å². The van der Waals surface area contributed by atoms with Crippen molar-refractivity contribution in [2.75, 3.05) is 6.61 Å². The van der Waals surface area contributed by atoms with Gasteiger partial charge >= 0.3 is 0 Å². The van der Waals surface area contributed by atoms with Crippen LogP contribution in [0.15, 0.2) is 81.7 Å². The van der Waals surface area contributed by atoms with Gasteiger partial charge in [-0.1, -0.05) is 92.8 Å². The molecule has 2 amide bonds. The average molecular weight is 637 g/mol. The van der Waals surface area contributed by atoms with Gasteiger partial charge < -0.3 is 15.0 Å². The van der Waals surface area contributed by atoms with Crippen LogP contribution in [-0.4, -0.2) is 35.4 Å². The van der Waals surface area contributed by atoms with E-state index in [9.17, 15) is 9.59 Å². The van der Waals surface area contributed by atoms with Gasteiger partial charge in [0, 0.05) is 28.0 Å². The van der Waals surface area contributed by atoms with Crippen LogP contribution in [0.25, 0.3) is 0 Å². The van der Waals surface area contributed by atoms with Crippen molar-refractivity contribution in [2.24, 2.45) is 0 Å². The smallest absolute Gasteiger partial charge is 0.261 e. The van der Waals surface area contributed by atoms with Crippen molar-refractivity contribution >= 4 is 55.3 Å². The third-order valence-corrected chi connectivity index (χ3v) is 7.04. The van der Waals surface area contributed by atoms with Crippen molar-refractivity contribution in [1.29, 1.82) is 0 Å². The molecular weight excluding hydrogens is 608 g/mol. The summed E-state index contributed by atoms with van der Waals surface area (Å²) in [6.45, 7) is 3.96. The fourth-order valence-corrected chi connectivity index (χ4v) is 4.82. The minimum Gasteiger partial charge on any atom is -0.482 e. The lowest BCUT2D eigenvalue weighted by Crippen LogP contribution is -2.53. The zero-order valence-corrected chi connectivity index (χ0v) is 24.1. The number of rotatable bonds is 11. The fourth-order valence-electron chi connectivity index (χ4n) is 3.64. The molecule has 1 N–H and O–H groups in total. The number of nitrogens with zero attached hydrogens (tertiary/aromatic N) is 1. The Morgan fingerprint density at radius 2 is 1.67 bits per heavy atom. The Bertz CT molecular complexity index is 1180. The maximum atomic E-state index is 13.6. The van der Waals surface area contributed by atoms with Gasteiger partial charge in [0.05, 0.1) is 5.02 Å². The molecule has 2 atom stereocenters. The zero-order valence-electron chi connectivity index (χ0n) is 20.2. The Balaban J connectivity index is 1.92. The normalized spacial score (nSPS) is 12.5. The van der Waals surface area contributed by atoms with Crippen molar-refractivity contribution < 1.29 is 14.3 Å². The van der Waals surface area contributed by atoms with E-state index < -0.39 is 6.04 Å². The van der Waals surface area contributed by atoms with E-state index in [4.69, 9.17) is 16.3 Å². The number of ether oxygens (including phenoxy) is 1. The maximum absolute atomic E-state index is 13.6. The summed E-state index contributed by atoms with van der Waals surface area (Å²) < 4.78 is 7.50. The van der Waals surface area contributed by atoms with Gasteiger partial charge in [-0.05, 0) is 54.8 Å². The van der Waals surface area contributed by atoms with Crippen LogP contribution < -0.4 is 10.1 Å². The van der Waals surface area contributed by atoms with E-state index in [2.05, 4.69) is 37.2 Å². The summed E-state index contributed by atoms with van der Waals surface area (Å²) in [6, 6.07) is 21.9. The summed E-state index contributed by atoms with van der Waals surface area (Å²) in [5, 5.41) is 3.46. The molecule has 3 aromatic carbocycles. The Morgan fingerprint density at radius 1 is 0.972 bits per heavy atom. The lowest BCUT2D eigenvalue weighted by molar-refractivity contribution is -0.143. The minimum absolute atomic E-state index is 0.0172. The van der Waals surface area contributed by atoms with Gasteiger partial charge in [0.1, 0.15) is 11.8 Å². The van der Waals surface area contributed by atoms with Crippen LogP contribution in [0.4, 0.5) is 0 Å². The number of carbonyl (C=O) groups is 2. The van der Waals surface area contributed by atoms with Gasteiger partial charge in [0.25, 0.3) is 5.91 Å². The molecule has 0 radical (unpaired) electrons. The van der Waals surface area contributed by atoms with Crippen LogP contribution in [0, 0.1) is 0 Å². The number of benzene rings is 3. The Kier molecular flexibility index (Phi) is 10.8. The second kappa shape index (κ2) is 13.8. The molecule has 3 rings (SSSR count). The number of halogens is 3. The van der Waals surface area contributed by atoms with Crippen LogP contribution >= 0.6 is 43.5 Å². The van der Waals surface area contributed by atoms with Crippen LogP contribution in [0.5, 0.6) is 5.75 Å². The first-order chi connectivity index (χ1) is 17.3. The monoisotopic (exact) mass is 634 g/mol. The molecule has 0 fully saturated rings. The highest BCUT2D eigenvalue weighted by atomic mass is 79.9. The average Bonchev–Trinajstić information content (AvgIpc) is 2.86. The summed E-state index contributed by atoms with van der Waals surface area (Å²) in [5.41, 5.74) is 1.86. The molecule has 0 aliphatic rings. The molecule has 0 aliphatic heterocycles. The number of hydrogen-bond acceptors (Lipinski definition) is 3. The second-order valence-electron chi connectivity index (χ2n) is 8.54. The van der Waals surface area contributed by atoms with E-state index in [0.29, 0.717) is 17.2 Å². The van der Waals surface area contributed by atoms with Gasteiger partial charge in [-0.3, -0.25) is 9.59 Å².